The molecule has 0 bridgehead atoms. The van der Waals surface area contributed by atoms with Crippen molar-refractivity contribution in [3.8, 4) is 0 Å². The van der Waals surface area contributed by atoms with Crippen LogP contribution >= 0.6 is 11.6 Å². The summed E-state index contributed by atoms with van der Waals surface area (Å²) in [6.45, 7) is 3.88. The van der Waals surface area contributed by atoms with Gasteiger partial charge in [-0.2, -0.15) is 0 Å². The average Bonchev–Trinajstić information content (AvgIpc) is 2.59. The van der Waals surface area contributed by atoms with Crippen molar-refractivity contribution in [3.63, 3.8) is 0 Å². The number of benzene rings is 1. The van der Waals surface area contributed by atoms with Crippen LogP contribution in [0.1, 0.15) is 24.8 Å². The zero-order valence-electron chi connectivity index (χ0n) is 13.7. The molecule has 2 N–H and O–H groups in total. The number of halogens is 1. The summed E-state index contributed by atoms with van der Waals surface area (Å²) in [7, 11) is 1.76. The largest absolute Gasteiger partial charge is 0.381 e. The van der Waals surface area contributed by atoms with E-state index < -0.39 is 0 Å². The fourth-order valence-electron chi connectivity index (χ4n) is 2.41. The first-order valence-electron chi connectivity index (χ1n) is 8.17. The Kier molecular flexibility index (Phi) is 8.21. The highest BCUT2D eigenvalue weighted by Gasteiger charge is 2.13. The lowest BCUT2D eigenvalue weighted by Gasteiger charge is -2.22. The summed E-state index contributed by atoms with van der Waals surface area (Å²) < 4.78 is 11.2. The maximum Gasteiger partial charge on any atom is 0.191 e. The van der Waals surface area contributed by atoms with Crippen molar-refractivity contribution >= 4 is 17.6 Å². The molecule has 1 heterocycles. The van der Waals surface area contributed by atoms with E-state index in [0.717, 1.165) is 62.2 Å². The van der Waals surface area contributed by atoms with Gasteiger partial charge in [-0.25, -0.2) is 0 Å². The van der Waals surface area contributed by atoms with Crippen molar-refractivity contribution in [2.75, 3.05) is 33.4 Å². The molecule has 5 nitrogen and oxygen atoms in total. The lowest BCUT2D eigenvalue weighted by molar-refractivity contribution is -0.0320. The van der Waals surface area contributed by atoms with Gasteiger partial charge in [-0.15, -0.1) is 0 Å². The molecule has 0 unspecified atom stereocenters. The second kappa shape index (κ2) is 10.5. The normalized spacial score (nSPS) is 16.3. The summed E-state index contributed by atoms with van der Waals surface area (Å²) in [5.41, 5.74) is 1.06. The van der Waals surface area contributed by atoms with Crippen LogP contribution in [0.2, 0.25) is 5.02 Å². The summed E-state index contributed by atoms with van der Waals surface area (Å²) in [5, 5.41) is 7.32. The van der Waals surface area contributed by atoms with Gasteiger partial charge in [-0.05, 0) is 30.9 Å². The van der Waals surface area contributed by atoms with E-state index in [9.17, 15) is 0 Å². The first kappa shape index (κ1) is 18.0. The van der Waals surface area contributed by atoms with Crippen LogP contribution < -0.4 is 10.6 Å². The molecule has 0 aromatic heterocycles. The lowest BCUT2D eigenvalue weighted by Crippen LogP contribution is -2.37. The van der Waals surface area contributed by atoms with Gasteiger partial charge in [0, 0.05) is 45.0 Å². The number of nitrogens with zero attached hydrogens (tertiary/aromatic N) is 1. The molecule has 1 saturated heterocycles. The molecule has 1 fully saturated rings. The number of aliphatic imine (C=N–C) groups is 1. The topological polar surface area (TPSA) is 54.9 Å². The molecule has 0 spiro atoms. The minimum atomic E-state index is 0.362. The fraction of sp³-hybridized carbons (Fsp3) is 0.588. The molecule has 1 aliphatic rings. The van der Waals surface area contributed by atoms with E-state index in [1.165, 1.54) is 0 Å². The van der Waals surface area contributed by atoms with Crippen LogP contribution in [0.15, 0.2) is 29.3 Å². The van der Waals surface area contributed by atoms with Gasteiger partial charge in [0.1, 0.15) is 0 Å². The molecule has 0 saturated carbocycles. The monoisotopic (exact) mass is 339 g/mol. The number of rotatable bonds is 7. The zero-order chi connectivity index (χ0) is 16.3. The van der Waals surface area contributed by atoms with Crippen molar-refractivity contribution in [1.29, 1.82) is 0 Å². The van der Waals surface area contributed by atoms with Gasteiger partial charge < -0.3 is 20.1 Å². The van der Waals surface area contributed by atoms with E-state index in [0.29, 0.717) is 12.6 Å². The first-order valence-corrected chi connectivity index (χ1v) is 8.54. The Bertz CT molecular complexity index is 490. The molecular weight excluding hydrogens is 314 g/mol. The number of hydrogen-bond acceptors (Lipinski definition) is 3. The molecule has 2 rings (SSSR count). The minimum Gasteiger partial charge on any atom is -0.381 e. The second-order valence-electron chi connectivity index (χ2n) is 5.48. The summed E-state index contributed by atoms with van der Waals surface area (Å²) in [6.07, 6.45) is 3.33. The Morgan fingerprint density at radius 1 is 1.30 bits per heavy atom. The van der Waals surface area contributed by atoms with Crippen molar-refractivity contribution in [1.82, 2.24) is 10.6 Å². The lowest BCUT2D eigenvalue weighted by atomic mass is 10.1. The van der Waals surface area contributed by atoms with E-state index in [-0.39, 0.29) is 0 Å². The van der Waals surface area contributed by atoms with E-state index in [1.807, 2.05) is 24.3 Å². The van der Waals surface area contributed by atoms with Gasteiger partial charge in [0.05, 0.1) is 6.10 Å². The van der Waals surface area contributed by atoms with Gasteiger partial charge in [0.2, 0.25) is 0 Å². The summed E-state index contributed by atoms with van der Waals surface area (Å²) in [4.78, 5) is 4.21. The third kappa shape index (κ3) is 6.77. The highest BCUT2D eigenvalue weighted by Crippen LogP contribution is 2.14. The van der Waals surface area contributed by atoms with E-state index in [2.05, 4.69) is 15.6 Å². The number of guanidine groups is 1. The Labute approximate surface area is 143 Å². The predicted molar refractivity (Wildman–Crippen MR) is 94.1 cm³/mol. The smallest absolute Gasteiger partial charge is 0.191 e. The van der Waals surface area contributed by atoms with Gasteiger partial charge >= 0.3 is 0 Å². The van der Waals surface area contributed by atoms with E-state index in [4.69, 9.17) is 21.1 Å². The maximum absolute atomic E-state index is 6.14. The van der Waals surface area contributed by atoms with Crippen molar-refractivity contribution in [2.24, 2.45) is 4.99 Å². The Hall–Kier alpha value is -1.30. The highest BCUT2D eigenvalue weighted by atomic mass is 35.5. The zero-order valence-corrected chi connectivity index (χ0v) is 14.4. The van der Waals surface area contributed by atoms with Crippen molar-refractivity contribution < 1.29 is 9.47 Å². The molecule has 1 aromatic carbocycles. The summed E-state index contributed by atoms with van der Waals surface area (Å²) in [5.74, 6) is 0.774. The fourth-order valence-corrected chi connectivity index (χ4v) is 2.62. The van der Waals surface area contributed by atoms with Crippen molar-refractivity contribution in [2.45, 2.75) is 31.9 Å². The van der Waals surface area contributed by atoms with Crippen LogP contribution in [0.5, 0.6) is 0 Å². The van der Waals surface area contributed by atoms with Crippen LogP contribution in [0, 0.1) is 0 Å². The molecule has 128 valence electrons. The standard InChI is InChI=1S/C17H26ClN3O2/c1-19-17(21-13-14-5-2-3-6-16(14)18)20-9-4-10-23-15-7-11-22-12-8-15/h2-3,5-6,15H,4,7-13H2,1H3,(H2,19,20,21). The van der Waals surface area contributed by atoms with Gasteiger partial charge in [-0.1, -0.05) is 29.8 Å². The van der Waals surface area contributed by atoms with Gasteiger partial charge in [0.15, 0.2) is 5.96 Å². The van der Waals surface area contributed by atoms with Crippen LogP contribution in [-0.2, 0) is 16.0 Å². The van der Waals surface area contributed by atoms with Crippen LogP contribution in [0.3, 0.4) is 0 Å². The molecule has 0 amide bonds. The number of ether oxygens (including phenoxy) is 2. The Morgan fingerprint density at radius 2 is 2.09 bits per heavy atom. The van der Waals surface area contributed by atoms with E-state index >= 15 is 0 Å². The van der Waals surface area contributed by atoms with Crippen molar-refractivity contribution in [3.05, 3.63) is 34.9 Å². The quantitative estimate of drug-likeness (QED) is 0.455. The van der Waals surface area contributed by atoms with Crippen LogP contribution in [0.4, 0.5) is 0 Å². The second-order valence-corrected chi connectivity index (χ2v) is 5.89. The summed E-state index contributed by atoms with van der Waals surface area (Å²) in [6, 6.07) is 7.80. The Morgan fingerprint density at radius 3 is 2.83 bits per heavy atom. The van der Waals surface area contributed by atoms with Gasteiger partial charge in [0.25, 0.3) is 0 Å². The predicted octanol–water partition coefficient (Wildman–Crippen LogP) is 2.59. The molecule has 23 heavy (non-hydrogen) atoms. The summed E-state index contributed by atoms with van der Waals surface area (Å²) >= 11 is 6.14. The van der Waals surface area contributed by atoms with Crippen LogP contribution in [0.25, 0.3) is 0 Å². The molecular formula is C17H26ClN3O2. The Balaban J connectivity index is 1.58. The maximum atomic E-state index is 6.14. The minimum absolute atomic E-state index is 0.362. The molecule has 6 heteroatoms. The van der Waals surface area contributed by atoms with Crippen LogP contribution in [-0.4, -0.2) is 45.5 Å². The first-order chi connectivity index (χ1) is 11.3. The molecule has 1 aliphatic heterocycles. The molecule has 0 radical (unpaired) electrons. The van der Waals surface area contributed by atoms with E-state index in [1.54, 1.807) is 7.05 Å². The highest BCUT2D eigenvalue weighted by molar-refractivity contribution is 6.31. The molecule has 0 atom stereocenters. The third-order valence-electron chi connectivity index (χ3n) is 3.76. The van der Waals surface area contributed by atoms with Gasteiger partial charge in [-0.3, -0.25) is 4.99 Å². The molecule has 1 aromatic rings. The number of nitrogens with one attached hydrogen (secondary N) is 2. The molecule has 0 aliphatic carbocycles. The third-order valence-corrected chi connectivity index (χ3v) is 4.13. The number of hydrogen-bond donors (Lipinski definition) is 2. The SMILES string of the molecule is CN=C(NCCCOC1CCOCC1)NCc1ccccc1Cl. The average molecular weight is 340 g/mol.